The minimum absolute atomic E-state index is 0.0400. The lowest BCUT2D eigenvalue weighted by Gasteiger charge is -2.12. The van der Waals surface area contributed by atoms with Crippen LogP contribution in [0.4, 0.5) is 15.9 Å². The molecule has 0 aliphatic carbocycles. The van der Waals surface area contributed by atoms with Crippen molar-refractivity contribution in [3.63, 3.8) is 0 Å². The summed E-state index contributed by atoms with van der Waals surface area (Å²) < 4.78 is 14.9. The number of pyridine rings is 2. The Morgan fingerprint density at radius 2 is 1.76 bits per heavy atom. The van der Waals surface area contributed by atoms with Gasteiger partial charge in [-0.1, -0.05) is 13.3 Å². The van der Waals surface area contributed by atoms with E-state index in [1.807, 2.05) is 6.92 Å². The molecule has 3 aromatic rings. The van der Waals surface area contributed by atoms with Crippen LogP contribution in [0.25, 0.3) is 21.9 Å². The molecule has 0 bridgehead atoms. The number of fused-ring (bicyclic) bond motifs is 1. The summed E-state index contributed by atoms with van der Waals surface area (Å²) in [6.07, 6.45) is 7.83. The van der Waals surface area contributed by atoms with Crippen LogP contribution in [0.5, 0.6) is 0 Å². The fourth-order valence-corrected chi connectivity index (χ4v) is 3.60. The molecule has 0 atom stereocenters. The molecule has 2 aromatic heterocycles. The summed E-state index contributed by atoms with van der Waals surface area (Å²) in [5.41, 5.74) is 2.85. The standard InChI is InChI=1S/C25H30FN5O2/c1-4-5-9-29-24(32)7-6-8-25(33)31-23-12-17-10-19(21(26)11-18(17)13-30-23)20-14-28-15-22(27-3)16(20)2/h10-15,27H,4-9H2,1-3H3,(H,29,32)(H,30,31,33). The first-order valence-corrected chi connectivity index (χ1v) is 11.2. The van der Waals surface area contributed by atoms with Crippen LogP contribution < -0.4 is 16.0 Å². The second-order valence-electron chi connectivity index (χ2n) is 7.96. The molecule has 1 aromatic carbocycles. The largest absolute Gasteiger partial charge is 0.387 e. The zero-order chi connectivity index (χ0) is 23.8. The quantitative estimate of drug-likeness (QED) is 0.385. The fraction of sp³-hybridized carbons (Fsp3) is 0.360. The van der Waals surface area contributed by atoms with Crippen molar-refractivity contribution in [2.75, 3.05) is 24.2 Å². The van der Waals surface area contributed by atoms with Crippen LogP contribution >= 0.6 is 0 Å². The van der Waals surface area contributed by atoms with E-state index in [0.717, 1.165) is 29.5 Å². The highest BCUT2D eigenvalue weighted by Gasteiger charge is 2.13. The third-order valence-electron chi connectivity index (χ3n) is 5.51. The molecular weight excluding hydrogens is 421 g/mol. The van der Waals surface area contributed by atoms with Crippen molar-refractivity contribution in [2.45, 2.75) is 46.0 Å². The highest BCUT2D eigenvalue weighted by molar-refractivity contribution is 5.94. The van der Waals surface area contributed by atoms with E-state index in [2.05, 4.69) is 32.8 Å². The number of unbranched alkanes of at least 4 members (excludes halogenated alkanes) is 1. The van der Waals surface area contributed by atoms with Crippen molar-refractivity contribution < 1.29 is 14.0 Å². The molecule has 0 aliphatic rings. The monoisotopic (exact) mass is 451 g/mol. The Kier molecular flexibility index (Phi) is 8.29. The molecular formula is C25H30FN5O2. The molecule has 0 spiro atoms. The van der Waals surface area contributed by atoms with Crippen LogP contribution in [0.3, 0.4) is 0 Å². The van der Waals surface area contributed by atoms with Gasteiger partial charge in [0.05, 0.1) is 11.9 Å². The van der Waals surface area contributed by atoms with Crippen molar-refractivity contribution in [1.82, 2.24) is 15.3 Å². The lowest BCUT2D eigenvalue weighted by molar-refractivity contribution is -0.121. The Bertz CT molecular complexity index is 1150. The molecule has 0 aliphatic heterocycles. The van der Waals surface area contributed by atoms with E-state index in [0.29, 0.717) is 41.7 Å². The molecule has 3 rings (SSSR count). The molecule has 174 valence electrons. The fourth-order valence-electron chi connectivity index (χ4n) is 3.60. The van der Waals surface area contributed by atoms with Gasteiger partial charge in [0.1, 0.15) is 11.6 Å². The second kappa shape index (κ2) is 11.4. The van der Waals surface area contributed by atoms with Gasteiger partial charge in [-0.05, 0) is 48.9 Å². The summed E-state index contributed by atoms with van der Waals surface area (Å²) in [5.74, 6) is -0.234. The minimum Gasteiger partial charge on any atom is -0.387 e. The third kappa shape index (κ3) is 6.25. The maximum absolute atomic E-state index is 14.9. The van der Waals surface area contributed by atoms with Crippen LogP contribution in [-0.2, 0) is 9.59 Å². The maximum Gasteiger partial charge on any atom is 0.225 e. The van der Waals surface area contributed by atoms with E-state index in [1.165, 1.54) is 12.3 Å². The molecule has 8 heteroatoms. The molecule has 0 saturated heterocycles. The average Bonchev–Trinajstić information content (AvgIpc) is 2.79. The number of benzene rings is 1. The first-order chi connectivity index (χ1) is 15.9. The number of hydrogen-bond donors (Lipinski definition) is 3. The van der Waals surface area contributed by atoms with Gasteiger partial charge in [0.25, 0.3) is 0 Å². The number of halogens is 1. The van der Waals surface area contributed by atoms with Gasteiger partial charge in [-0.25, -0.2) is 9.37 Å². The molecule has 3 N–H and O–H groups in total. The highest BCUT2D eigenvalue weighted by atomic mass is 19.1. The first kappa shape index (κ1) is 24.1. The van der Waals surface area contributed by atoms with Gasteiger partial charge in [0, 0.05) is 55.3 Å². The third-order valence-corrected chi connectivity index (χ3v) is 5.51. The lowest BCUT2D eigenvalue weighted by atomic mass is 9.98. The Labute approximate surface area is 193 Å². The molecule has 2 amide bonds. The van der Waals surface area contributed by atoms with Crippen LogP contribution in [0.1, 0.15) is 44.6 Å². The smallest absolute Gasteiger partial charge is 0.225 e. The number of aromatic nitrogens is 2. The number of nitrogens with one attached hydrogen (secondary N) is 3. The summed E-state index contributed by atoms with van der Waals surface area (Å²) in [4.78, 5) is 32.5. The van der Waals surface area contributed by atoms with Crippen LogP contribution in [-0.4, -0.2) is 35.4 Å². The van der Waals surface area contributed by atoms with E-state index in [4.69, 9.17) is 0 Å². The zero-order valence-electron chi connectivity index (χ0n) is 19.3. The van der Waals surface area contributed by atoms with Gasteiger partial charge in [0.2, 0.25) is 11.8 Å². The number of carbonyl (C=O) groups excluding carboxylic acids is 2. The Balaban J connectivity index is 1.70. The molecule has 7 nitrogen and oxygen atoms in total. The van der Waals surface area contributed by atoms with Gasteiger partial charge < -0.3 is 16.0 Å². The number of hydrogen-bond acceptors (Lipinski definition) is 5. The van der Waals surface area contributed by atoms with Crippen LogP contribution in [0.2, 0.25) is 0 Å². The predicted molar refractivity (Wildman–Crippen MR) is 130 cm³/mol. The maximum atomic E-state index is 14.9. The van der Waals surface area contributed by atoms with Crippen LogP contribution in [0.15, 0.2) is 36.8 Å². The van der Waals surface area contributed by atoms with E-state index in [9.17, 15) is 14.0 Å². The second-order valence-corrected chi connectivity index (χ2v) is 7.96. The number of anilines is 2. The zero-order valence-corrected chi connectivity index (χ0v) is 19.3. The van der Waals surface area contributed by atoms with Gasteiger partial charge in [-0.3, -0.25) is 14.6 Å². The van der Waals surface area contributed by atoms with E-state index >= 15 is 0 Å². The Morgan fingerprint density at radius 1 is 0.970 bits per heavy atom. The van der Waals surface area contributed by atoms with Crippen molar-refractivity contribution >= 4 is 34.1 Å². The lowest BCUT2D eigenvalue weighted by Crippen LogP contribution is -2.24. The van der Waals surface area contributed by atoms with Crippen molar-refractivity contribution in [2.24, 2.45) is 0 Å². The highest BCUT2D eigenvalue weighted by Crippen LogP contribution is 2.32. The average molecular weight is 452 g/mol. The van der Waals surface area contributed by atoms with Gasteiger partial charge in [0.15, 0.2) is 0 Å². The summed E-state index contributed by atoms with van der Waals surface area (Å²) in [7, 11) is 1.80. The molecule has 33 heavy (non-hydrogen) atoms. The summed E-state index contributed by atoms with van der Waals surface area (Å²) in [5, 5.41) is 10.1. The van der Waals surface area contributed by atoms with E-state index in [1.54, 1.807) is 31.6 Å². The minimum atomic E-state index is -0.364. The number of rotatable bonds is 10. The molecule has 0 radical (unpaired) electrons. The Hall–Kier alpha value is -3.55. The van der Waals surface area contributed by atoms with Crippen LogP contribution in [0, 0.1) is 12.7 Å². The molecule has 2 heterocycles. The topological polar surface area (TPSA) is 96.0 Å². The predicted octanol–water partition coefficient (Wildman–Crippen LogP) is 4.81. The van der Waals surface area contributed by atoms with Crippen molar-refractivity contribution in [1.29, 1.82) is 0 Å². The van der Waals surface area contributed by atoms with Gasteiger partial charge >= 0.3 is 0 Å². The Morgan fingerprint density at radius 3 is 2.52 bits per heavy atom. The molecule has 0 saturated carbocycles. The van der Waals surface area contributed by atoms with Gasteiger partial charge in [-0.2, -0.15) is 0 Å². The first-order valence-electron chi connectivity index (χ1n) is 11.2. The SMILES string of the molecule is CCCCNC(=O)CCCC(=O)Nc1cc2cc(-c3cncc(NC)c3C)c(F)cc2cn1. The van der Waals surface area contributed by atoms with Gasteiger partial charge in [-0.15, -0.1) is 0 Å². The summed E-state index contributed by atoms with van der Waals surface area (Å²) in [6.45, 7) is 4.64. The van der Waals surface area contributed by atoms with Crippen molar-refractivity contribution in [3.8, 4) is 11.1 Å². The number of nitrogens with zero attached hydrogens (tertiary/aromatic N) is 2. The number of amides is 2. The number of carbonyl (C=O) groups is 2. The molecule has 0 unspecified atom stereocenters. The van der Waals surface area contributed by atoms with Crippen molar-refractivity contribution in [3.05, 3.63) is 48.2 Å². The van der Waals surface area contributed by atoms with E-state index in [-0.39, 0.29) is 24.1 Å². The summed E-state index contributed by atoms with van der Waals surface area (Å²) >= 11 is 0. The van der Waals surface area contributed by atoms with E-state index < -0.39 is 0 Å². The molecule has 0 fully saturated rings. The normalized spacial score (nSPS) is 10.8. The summed E-state index contributed by atoms with van der Waals surface area (Å²) in [6, 6.07) is 4.90.